The average Bonchev–Trinajstić information content (AvgIpc) is 2.80. The highest BCUT2D eigenvalue weighted by molar-refractivity contribution is 5.99. The van der Waals surface area contributed by atoms with Crippen LogP contribution in [0, 0.1) is 11.8 Å². The summed E-state index contributed by atoms with van der Waals surface area (Å²) >= 11 is 0. The van der Waals surface area contributed by atoms with Crippen molar-refractivity contribution in [2.75, 3.05) is 26.7 Å². The lowest BCUT2D eigenvalue weighted by molar-refractivity contribution is 0.216. The summed E-state index contributed by atoms with van der Waals surface area (Å²) in [6.45, 7) is 8.52. The van der Waals surface area contributed by atoms with Gasteiger partial charge >= 0.3 is 0 Å². The molecule has 31 heavy (non-hydrogen) atoms. The number of nitrogens with one attached hydrogen (secondary N) is 2. The maximum absolute atomic E-state index is 5.10. The summed E-state index contributed by atoms with van der Waals surface area (Å²) in [6.07, 6.45) is 7.70. The number of pyridine rings is 1. The molecule has 0 spiro atoms. The van der Waals surface area contributed by atoms with Gasteiger partial charge in [-0.3, -0.25) is 4.98 Å². The molecule has 1 saturated heterocycles. The zero-order valence-electron chi connectivity index (χ0n) is 18.5. The Morgan fingerprint density at radius 1 is 1.13 bits per heavy atom. The fourth-order valence-electron chi connectivity index (χ4n) is 5.15. The van der Waals surface area contributed by atoms with Crippen molar-refractivity contribution in [1.82, 2.24) is 20.5 Å². The molecule has 0 radical (unpaired) electrons. The molecule has 5 nitrogen and oxygen atoms in total. The lowest BCUT2D eigenvalue weighted by Gasteiger charge is -2.30. The van der Waals surface area contributed by atoms with E-state index in [0.29, 0.717) is 5.92 Å². The number of aromatic nitrogens is 1. The minimum Gasteiger partial charge on any atom is -0.343 e. The molecule has 5 rings (SSSR count). The van der Waals surface area contributed by atoms with E-state index in [0.717, 1.165) is 66.7 Å². The standard InChI is InChI=1S/C26H33N5/c1-18-23-9-12-28-24(17-27-16-19-10-13-31(2)14-11-19)25(23)30-26(29-18)22-8-7-20-5-3-4-6-21(20)15-22/h3-6,9,12,19,22,27H,1,7-8,10-11,13-17H2,2H3,(H,29,30). The normalized spacial score (nSPS) is 21.8. The molecule has 2 N–H and O–H groups in total. The largest absolute Gasteiger partial charge is 0.343 e. The lowest BCUT2D eigenvalue weighted by Crippen LogP contribution is -2.36. The van der Waals surface area contributed by atoms with Gasteiger partial charge in [0.25, 0.3) is 0 Å². The molecule has 2 aliphatic heterocycles. The first-order chi connectivity index (χ1) is 15.2. The third kappa shape index (κ3) is 4.43. The highest BCUT2D eigenvalue weighted by Gasteiger charge is 2.27. The van der Waals surface area contributed by atoms with Gasteiger partial charge in [-0.15, -0.1) is 0 Å². The number of benzene rings is 1. The van der Waals surface area contributed by atoms with Crippen LogP contribution in [0.3, 0.4) is 0 Å². The van der Waals surface area contributed by atoms with Crippen LogP contribution in [0.1, 0.15) is 41.6 Å². The van der Waals surface area contributed by atoms with Crippen molar-refractivity contribution in [2.24, 2.45) is 16.8 Å². The number of aryl methyl sites for hydroxylation is 1. The number of aliphatic imine (C=N–C) groups is 1. The molecule has 162 valence electrons. The van der Waals surface area contributed by atoms with Crippen molar-refractivity contribution < 1.29 is 0 Å². The van der Waals surface area contributed by atoms with Gasteiger partial charge in [-0.05, 0) is 81.9 Å². The second-order valence-corrected chi connectivity index (χ2v) is 9.34. The minimum atomic E-state index is 0.403. The third-order valence-corrected chi connectivity index (χ3v) is 7.13. The zero-order chi connectivity index (χ0) is 21.2. The Balaban J connectivity index is 1.31. The SMILES string of the molecule is C=C1NC(C2CCc3ccccc3C2)=Nc2c1ccnc2CNCC1CCN(C)CC1. The Morgan fingerprint density at radius 2 is 1.94 bits per heavy atom. The van der Waals surface area contributed by atoms with Crippen LogP contribution >= 0.6 is 0 Å². The quantitative estimate of drug-likeness (QED) is 0.777. The zero-order valence-corrected chi connectivity index (χ0v) is 18.5. The number of piperidine rings is 1. The van der Waals surface area contributed by atoms with Crippen molar-refractivity contribution in [3.8, 4) is 0 Å². The van der Waals surface area contributed by atoms with Gasteiger partial charge in [0.1, 0.15) is 5.84 Å². The van der Waals surface area contributed by atoms with E-state index in [4.69, 9.17) is 9.98 Å². The molecule has 1 unspecified atom stereocenters. The molecule has 0 amide bonds. The molecule has 1 aromatic carbocycles. The Kier molecular flexibility index (Phi) is 5.88. The summed E-state index contributed by atoms with van der Waals surface area (Å²) < 4.78 is 0. The number of amidine groups is 1. The number of hydrogen-bond acceptors (Lipinski definition) is 5. The van der Waals surface area contributed by atoms with E-state index in [2.05, 4.69) is 53.4 Å². The fraction of sp³-hybridized carbons (Fsp3) is 0.462. The van der Waals surface area contributed by atoms with Crippen molar-refractivity contribution >= 4 is 17.2 Å². The van der Waals surface area contributed by atoms with Crippen molar-refractivity contribution in [1.29, 1.82) is 0 Å². The molecular weight excluding hydrogens is 382 g/mol. The Labute approximate surface area is 185 Å². The van der Waals surface area contributed by atoms with Crippen LogP contribution in [-0.4, -0.2) is 42.4 Å². The molecule has 5 heteroatoms. The number of hydrogen-bond donors (Lipinski definition) is 2. The van der Waals surface area contributed by atoms with Gasteiger partial charge in [0, 0.05) is 29.9 Å². The second kappa shape index (κ2) is 8.93. The van der Waals surface area contributed by atoms with Crippen molar-refractivity contribution in [3.05, 3.63) is 65.5 Å². The maximum Gasteiger partial charge on any atom is 0.110 e. The van der Waals surface area contributed by atoms with Crippen LogP contribution in [-0.2, 0) is 19.4 Å². The summed E-state index contributed by atoms with van der Waals surface area (Å²) in [5.41, 5.74) is 6.97. The maximum atomic E-state index is 5.10. The first-order valence-electron chi connectivity index (χ1n) is 11.7. The lowest BCUT2D eigenvalue weighted by atomic mass is 9.83. The van der Waals surface area contributed by atoms with E-state index >= 15 is 0 Å². The van der Waals surface area contributed by atoms with Crippen molar-refractivity contribution in [3.63, 3.8) is 0 Å². The van der Waals surface area contributed by atoms with Crippen LogP contribution in [0.25, 0.3) is 5.70 Å². The van der Waals surface area contributed by atoms with E-state index in [1.54, 1.807) is 0 Å². The topological polar surface area (TPSA) is 52.6 Å². The van der Waals surface area contributed by atoms with Gasteiger partial charge in [-0.25, -0.2) is 4.99 Å². The monoisotopic (exact) mass is 415 g/mol. The predicted molar refractivity (Wildman–Crippen MR) is 127 cm³/mol. The highest BCUT2D eigenvalue weighted by atomic mass is 15.1. The van der Waals surface area contributed by atoms with Crippen LogP contribution in [0.15, 0.2) is 48.1 Å². The molecular formula is C26H33N5. The summed E-state index contributed by atoms with van der Waals surface area (Å²) in [7, 11) is 2.21. The predicted octanol–water partition coefficient (Wildman–Crippen LogP) is 3.92. The van der Waals surface area contributed by atoms with E-state index in [9.17, 15) is 0 Å². The molecule has 1 fully saturated rings. The molecule has 3 heterocycles. The van der Waals surface area contributed by atoms with Gasteiger partial charge in [0.05, 0.1) is 11.4 Å². The second-order valence-electron chi connectivity index (χ2n) is 9.34. The Morgan fingerprint density at radius 3 is 2.77 bits per heavy atom. The average molecular weight is 416 g/mol. The highest BCUT2D eigenvalue weighted by Crippen LogP contribution is 2.34. The van der Waals surface area contributed by atoms with Gasteiger partial charge < -0.3 is 15.5 Å². The van der Waals surface area contributed by atoms with Gasteiger partial charge in [0.2, 0.25) is 0 Å². The Bertz CT molecular complexity index is 987. The summed E-state index contributed by atoms with van der Waals surface area (Å²) in [5.74, 6) is 2.21. The number of rotatable bonds is 5. The minimum absolute atomic E-state index is 0.403. The van der Waals surface area contributed by atoms with E-state index in [-0.39, 0.29) is 0 Å². The number of likely N-dealkylation sites (tertiary alicyclic amines) is 1. The molecule has 1 aromatic heterocycles. The van der Waals surface area contributed by atoms with Crippen LogP contribution in [0.4, 0.5) is 5.69 Å². The van der Waals surface area contributed by atoms with Gasteiger partial charge in [-0.1, -0.05) is 30.8 Å². The first kappa shape index (κ1) is 20.4. The fourth-order valence-corrected chi connectivity index (χ4v) is 5.15. The molecule has 1 aliphatic carbocycles. The molecule has 3 aliphatic rings. The van der Waals surface area contributed by atoms with E-state index in [1.807, 2.05) is 12.3 Å². The summed E-state index contributed by atoms with van der Waals surface area (Å²) in [5, 5.41) is 7.17. The van der Waals surface area contributed by atoms with Crippen LogP contribution in [0.2, 0.25) is 0 Å². The van der Waals surface area contributed by atoms with Gasteiger partial charge in [0.15, 0.2) is 0 Å². The smallest absolute Gasteiger partial charge is 0.110 e. The number of fused-ring (bicyclic) bond motifs is 2. The molecule has 0 bridgehead atoms. The third-order valence-electron chi connectivity index (χ3n) is 7.13. The Hall–Kier alpha value is -2.50. The van der Waals surface area contributed by atoms with E-state index in [1.165, 1.54) is 37.1 Å². The van der Waals surface area contributed by atoms with Crippen LogP contribution < -0.4 is 10.6 Å². The molecule has 2 aromatic rings. The molecule has 1 atom stereocenters. The summed E-state index contributed by atoms with van der Waals surface area (Å²) in [4.78, 5) is 12.2. The molecule has 0 saturated carbocycles. The first-order valence-corrected chi connectivity index (χ1v) is 11.7. The summed E-state index contributed by atoms with van der Waals surface area (Å²) in [6, 6.07) is 10.8. The van der Waals surface area contributed by atoms with E-state index < -0.39 is 0 Å². The van der Waals surface area contributed by atoms with Gasteiger partial charge in [-0.2, -0.15) is 0 Å². The van der Waals surface area contributed by atoms with Crippen molar-refractivity contribution in [2.45, 2.75) is 38.6 Å². The van der Waals surface area contributed by atoms with Crippen LogP contribution in [0.5, 0.6) is 0 Å². The number of nitrogens with zero attached hydrogens (tertiary/aromatic N) is 3.